The van der Waals surface area contributed by atoms with E-state index < -0.39 is 0 Å². The summed E-state index contributed by atoms with van der Waals surface area (Å²) in [7, 11) is 0. The van der Waals surface area contributed by atoms with Gasteiger partial charge < -0.3 is 5.32 Å². The van der Waals surface area contributed by atoms with Gasteiger partial charge in [0.1, 0.15) is 5.82 Å². The van der Waals surface area contributed by atoms with Crippen LogP contribution in [0.5, 0.6) is 0 Å². The van der Waals surface area contributed by atoms with Crippen molar-refractivity contribution in [2.45, 2.75) is 78.2 Å². The maximum atomic E-state index is 4.83. The van der Waals surface area contributed by atoms with E-state index in [0.29, 0.717) is 12.0 Å². The minimum Gasteiger partial charge on any atom is -0.310 e. The van der Waals surface area contributed by atoms with Crippen molar-refractivity contribution in [1.82, 2.24) is 15.3 Å². The van der Waals surface area contributed by atoms with Crippen LogP contribution in [-0.2, 0) is 0 Å². The van der Waals surface area contributed by atoms with Crippen molar-refractivity contribution in [3.63, 3.8) is 0 Å². The second-order valence-corrected chi connectivity index (χ2v) is 6.57. The second kappa shape index (κ2) is 7.88. The van der Waals surface area contributed by atoms with Crippen molar-refractivity contribution >= 4 is 0 Å². The molecule has 2 rings (SSSR count). The summed E-state index contributed by atoms with van der Waals surface area (Å²) in [5, 5.41) is 3.52. The summed E-state index contributed by atoms with van der Waals surface area (Å²) >= 11 is 0. The van der Waals surface area contributed by atoms with Gasteiger partial charge in [0.2, 0.25) is 0 Å². The summed E-state index contributed by atoms with van der Waals surface area (Å²) in [6, 6.07) is 0.342. The molecule has 0 saturated heterocycles. The van der Waals surface area contributed by atoms with Crippen LogP contribution in [-0.4, -0.2) is 16.5 Å². The fourth-order valence-corrected chi connectivity index (χ4v) is 3.42. The Morgan fingerprint density at radius 2 is 1.95 bits per heavy atom. The largest absolute Gasteiger partial charge is 0.310 e. The Balaban J connectivity index is 2.02. The molecule has 0 radical (unpaired) electrons. The highest BCUT2D eigenvalue weighted by atomic mass is 14.9. The number of aromatic nitrogens is 2. The molecule has 3 nitrogen and oxygen atoms in total. The summed E-state index contributed by atoms with van der Waals surface area (Å²) in [5.41, 5.74) is 2.39. The van der Waals surface area contributed by atoms with Gasteiger partial charge in [0.15, 0.2) is 0 Å². The molecule has 21 heavy (non-hydrogen) atoms. The van der Waals surface area contributed by atoms with Gasteiger partial charge in [-0.25, -0.2) is 9.97 Å². The molecule has 1 aliphatic rings. The molecule has 1 heterocycles. The number of aryl methyl sites for hydroxylation is 1. The van der Waals surface area contributed by atoms with Crippen molar-refractivity contribution in [3.05, 3.63) is 23.3 Å². The summed E-state index contributed by atoms with van der Waals surface area (Å²) in [6.07, 6.45) is 9.76. The molecule has 0 bridgehead atoms. The Kier molecular flexibility index (Phi) is 6.16. The average Bonchev–Trinajstić information content (AvgIpc) is 2.52. The highest BCUT2D eigenvalue weighted by Gasteiger charge is 2.23. The lowest BCUT2D eigenvalue weighted by Gasteiger charge is -2.27. The molecule has 1 saturated carbocycles. The Labute approximate surface area is 130 Å². The van der Waals surface area contributed by atoms with Crippen molar-refractivity contribution < 1.29 is 0 Å². The molecule has 118 valence electrons. The highest BCUT2D eigenvalue weighted by molar-refractivity contribution is 5.21. The van der Waals surface area contributed by atoms with Crippen LogP contribution in [0, 0.1) is 12.8 Å². The minimum absolute atomic E-state index is 0.342. The lowest BCUT2D eigenvalue weighted by molar-refractivity contribution is 0.311. The Morgan fingerprint density at radius 3 is 2.52 bits per heavy atom. The van der Waals surface area contributed by atoms with Crippen LogP contribution in [0.25, 0.3) is 0 Å². The van der Waals surface area contributed by atoms with Gasteiger partial charge in [-0.1, -0.05) is 20.3 Å². The number of nitrogens with one attached hydrogen (secondary N) is 1. The van der Waals surface area contributed by atoms with E-state index in [9.17, 15) is 0 Å². The molecule has 3 heteroatoms. The third-order valence-electron chi connectivity index (χ3n) is 4.99. The van der Waals surface area contributed by atoms with E-state index in [1.165, 1.54) is 37.7 Å². The second-order valence-electron chi connectivity index (χ2n) is 6.57. The Morgan fingerprint density at radius 1 is 1.24 bits per heavy atom. The maximum absolute atomic E-state index is 4.83. The standard InChI is InChI=1S/C18H31N3/c1-5-11-19-13(3)17-12-20-18(21-14(17)4)16-9-7-15(6-2)8-10-16/h12-13,15-16,19H,5-11H2,1-4H3. The van der Waals surface area contributed by atoms with E-state index in [2.05, 4.69) is 39.2 Å². The van der Waals surface area contributed by atoms with Gasteiger partial charge in [-0.05, 0) is 58.4 Å². The van der Waals surface area contributed by atoms with Crippen molar-refractivity contribution in [3.8, 4) is 0 Å². The first kappa shape index (κ1) is 16.4. The van der Waals surface area contributed by atoms with Crippen molar-refractivity contribution in [2.75, 3.05) is 6.54 Å². The van der Waals surface area contributed by atoms with Gasteiger partial charge >= 0.3 is 0 Å². The highest BCUT2D eigenvalue weighted by Crippen LogP contribution is 2.35. The molecule has 1 N–H and O–H groups in total. The van der Waals surface area contributed by atoms with Crippen LogP contribution in [0.3, 0.4) is 0 Å². The van der Waals surface area contributed by atoms with E-state index >= 15 is 0 Å². The normalized spacial score (nSPS) is 24.0. The van der Waals surface area contributed by atoms with Crippen molar-refractivity contribution in [1.29, 1.82) is 0 Å². The van der Waals surface area contributed by atoms with Crippen LogP contribution < -0.4 is 5.32 Å². The molecular formula is C18H31N3. The molecule has 1 aromatic heterocycles. The van der Waals surface area contributed by atoms with E-state index in [1.807, 2.05) is 0 Å². The number of nitrogens with zero attached hydrogens (tertiary/aromatic N) is 2. The average molecular weight is 289 g/mol. The predicted octanol–water partition coefficient (Wildman–Crippen LogP) is 4.53. The first-order valence-electron chi connectivity index (χ1n) is 8.72. The van der Waals surface area contributed by atoms with Crippen LogP contribution in [0.1, 0.15) is 88.3 Å². The van der Waals surface area contributed by atoms with E-state index in [-0.39, 0.29) is 0 Å². The summed E-state index contributed by atoms with van der Waals surface area (Å²) in [5.74, 6) is 2.59. The third-order valence-corrected chi connectivity index (χ3v) is 4.99. The van der Waals surface area contributed by atoms with Gasteiger partial charge in [0, 0.05) is 29.4 Å². The molecule has 1 aromatic rings. The SMILES string of the molecule is CCCNC(C)c1cnc(C2CCC(CC)CC2)nc1C. The summed E-state index contributed by atoms with van der Waals surface area (Å²) in [6.45, 7) is 9.88. The lowest BCUT2D eigenvalue weighted by Crippen LogP contribution is -2.21. The molecule has 0 amide bonds. The fraction of sp³-hybridized carbons (Fsp3) is 0.778. The van der Waals surface area contributed by atoms with Gasteiger partial charge in [0.05, 0.1) is 0 Å². The Hall–Kier alpha value is -0.960. The fourth-order valence-electron chi connectivity index (χ4n) is 3.42. The molecule has 1 fully saturated rings. The summed E-state index contributed by atoms with van der Waals surface area (Å²) < 4.78 is 0. The first-order valence-corrected chi connectivity index (χ1v) is 8.72. The third kappa shape index (κ3) is 4.26. The Bertz CT molecular complexity index is 436. The quantitative estimate of drug-likeness (QED) is 0.836. The number of hydrogen-bond acceptors (Lipinski definition) is 3. The van der Waals surface area contributed by atoms with Crippen LogP contribution in [0.2, 0.25) is 0 Å². The molecule has 0 aliphatic heterocycles. The zero-order chi connectivity index (χ0) is 15.2. The van der Waals surface area contributed by atoms with E-state index in [1.54, 1.807) is 0 Å². The zero-order valence-electron chi connectivity index (χ0n) is 14.2. The van der Waals surface area contributed by atoms with Crippen LogP contribution in [0.4, 0.5) is 0 Å². The van der Waals surface area contributed by atoms with Gasteiger partial charge in [0.25, 0.3) is 0 Å². The first-order chi connectivity index (χ1) is 10.2. The van der Waals surface area contributed by atoms with Gasteiger partial charge in [-0.2, -0.15) is 0 Å². The molecule has 0 aromatic carbocycles. The minimum atomic E-state index is 0.342. The monoisotopic (exact) mass is 289 g/mol. The van der Waals surface area contributed by atoms with E-state index in [0.717, 1.165) is 30.4 Å². The van der Waals surface area contributed by atoms with Crippen LogP contribution in [0.15, 0.2) is 6.20 Å². The summed E-state index contributed by atoms with van der Waals surface area (Å²) in [4.78, 5) is 9.52. The number of hydrogen-bond donors (Lipinski definition) is 1. The molecular weight excluding hydrogens is 258 g/mol. The molecule has 1 aliphatic carbocycles. The van der Waals surface area contributed by atoms with Gasteiger partial charge in [-0.3, -0.25) is 0 Å². The molecule has 1 unspecified atom stereocenters. The van der Waals surface area contributed by atoms with Crippen molar-refractivity contribution in [2.24, 2.45) is 5.92 Å². The predicted molar refractivity (Wildman–Crippen MR) is 88.5 cm³/mol. The van der Waals surface area contributed by atoms with Crippen LogP contribution >= 0.6 is 0 Å². The van der Waals surface area contributed by atoms with E-state index in [4.69, 9.17) is 9.97 Å². The topological polar surface area (TPSA) is 37.8 Å². The maximum Gasteiger partial charge on any atom is 0.131 e. The van der Waals surface area contributed by atoms with Gasteiger partial charge in [-0.15, -0.1) is 0 Å². The smallest absolute Gasteiger partial charge is 0.131 e. The molecule has 0 spiro atoms. The lowest BCUT2D eigenvalue weighted by atomic mass is 9.80. The molecule has 1 atom stereocenters. The zero-order valence-corrected chi connectivity index (χ0v) is 14.2. The number of rotatable bonds is 6.